The van der Waals surface area contributed by atoms with Gasteiger partial charge in [0.15, 0.2) is 0 Å². The van der Waals surface area contributed by atoms with Gasteiger partial charge in [-0.2, -0.15) is 4.98 Å². The number of aliphatic hydroxyl groups is 1. The van der Waals surface area contributed by atoms with Crippen LogP contribution >= 0.6 is 22.7 Å². The number of aryl methyl sites for hydroxylation is 1. The zero-order valence-corrected chi connectivity index (χ0v) is 18.3. The van der Waals surface area contributed by atoms with Gasteiger partial charge in [0.25, 0.3) is 0 Å². The lowest BCUT2D eigenvalue weighted by atomic mass is 10.2. The fraction of sp³-hybridized carbons (Fsp3) is 0.318. The minimum absolute atomic E-state index is 0.0811. The van der Waals surface area contributed by atoms with Crippen molar-refractivity contribution >= 4 is 44.7 Å². The Morgan fingerprint density at radius 2 is 2.07 bits per heavy atom. The summed E-state index contributed by atoms with van der Waals surface area (Å²) >= 11 is 3.38. The number of thiophene rings is 1. The maximum atomic E-state index is 9.93. The molecule has 0 saturated carbocycles. The lowest BCUT2D eigenvalue weighted by Crippen LogP contribution is -2.33. The Morgan fingerprint density at radius 1 is 1.17 bits per heavy atom. The molecule has 1 aliphatic heterocycles. The summed E-state index contributed by atoms with van der Waals surface area (Å²) in [7, 11) is 0. The Bertz CT molecular complexity index is 1120. The molecule has 0 radical (unpaired) electrons. The van der Waals surface area contributed by atoms with Gasteiger partial charge in [0.2, 0.25) is 5.95 Å². The second-order valence-corrected chi connectivity index (χ2v) is 9.49. The van der Waals surface area contributed by atoms with Gasteiger partial charge < -0.3 is 15.3 Å². The molecule has 0 aliphatic carbocycles. The normalized spacial score (nSPS) is 16.5. The van der Waals surface area contributed by atoms with E-state index in [0.717, 1.165) is 51.7 Å². The number of anilines is 2. The predicted octanol–water partition coefficient (Wildman–Crippen LogP) is 4.70. The molecule has 0 bridgehead atoms. The number of thiazole rings is 1. The third kappa shape index (κ3) is 3.66. The molecule has 1 fully saturated rings. The van der Waals surface area contributed by atoms with Gasteiger partial charge in [0, 0.05) is 11.4 Å². The largest absolute Gasteiger partial charge is 0.394 e. The van der Waals surface area contributed by atoms with Crippen molar-refractivity contribution in [2.45, 2.75) is 32.4 Å². The van der Waals surface area contributed by atoms with Gasteiger partial charge in [-0.3, -0.25) is 0 Å². The topological polar surface area (TPSA) is 74.2 Å². The number of nitrogens with one attached hydrogen (secondary N) is 1. The van der Waals surface area contributed by atoms with Crippen LogP contribution in [0.5, 0.6) is 0 Å². The van der Waals surface area contributed by atoms with Crippen LogP contribution in [0.25, 0.3) is 20.8 Å². The molecule has 4 heterocycles. The summed E-state index contributed by atoms with van der Waals surface area (Å²) in [5, 5.41) is 16.3. The first-order valence-corrected chi connectivity index (χ1v) is 11.8. The lowest BCUT2D eigenvalue weighted by molar-refractivity contribution is 0.266. The smallest absolute Gasteiger partial charge is 0.225 e. The van der Waals surface area contributed by atoms with E-state index >= 15 is 0 Å². The SMILES string of the molecule is Cc1nc(NCc2cccs2)nc(N2CCC[C@H]2CO)c1-c1nc2ccccc2s1. The summed E-state index contributed by atoms with van der Waals surface area (Å²) in [6, 6.07) is 12.4. The molecule has 154 valence electrons. The zero-order valence-electron chi connectivity index (χ0n) is 16.7. The van der Waals surface area contributed by atoms with Crippen molar-refractivity contribution in [3.63, 3.8) is 0 Å². The molecule has 30 heavy (non-hydrogen) atoms. The minimum Gasteiger partial charge on any atom is -0.394 e. The predicted molar refractivity (Wildman–Crippen MR) is 124 cm³/mol. The van der Waals surface area contributed by atoms with E-state index in [1.165, 1.54) is 4.88 Å². The van der Waals surface area contributed by atoms with Gasteiger partial charge in [-0.05, 0) is 43.3 Å². The van der Waals surface area contributed by atoms with Gasteiger partial charge in [-0.15, -0.1) is 22.7 Å². The van der Waals surface area contributed by atoms with Crippen LogP contribution in [0.15, 0.2) is 41.8 Å². The summed E-state index contributed by atoms with van der Waals surface area (Å²) in [4.78, 5) is 18.0. The van der Waals surface area contributed by atoms with Crippen molar-refractivity contribution in [2.24, 2.45) is 0 Å². The van der Waals surface area contributed by atoms with E-state index in [0.29, 0.717) is 12.5 Å². The first-order valence-electron chi connectivity index (χ1n) is 10.1. The lowest BCUT2D eigenvalue weighted by Gasteiger charge is -2.27. The first-order chi connectivity index (χ1) is 14.7. The molecular formula is C22H23N5OS2. The maximum absolute atomic E-state index is 9.93. The summed E-state index contributed by atoms with van der Waals surface area (Å²) in [5.74, 6) is 1.48. The fourth-order valence-electron chi connectivity index (χ4n) is 3.96. The average molecular weight is 438 g/mol. The van der Waals surface area contributed by atoms with Crippen LogP contribution in [0.3, 0.4) is 0 Å². The number of nitrogens with zero attached hydrogens (tertiary/aromatic N) is 4. The van der Waals surface area contributed by atoms with Gasteiger partial charge in [-0.25, -0.2) is 9.97 Å². The van der Waals surface area contributed by atoms with E-state index in [4.69, 9.17) is 15.0 Å². The van der Waals surface area contributed by atoms with E-state index in [-0.39, 0.29) is 12.6 Å². The number of rotatable bonds is 6. The number of fused-ring (bicyclic) bond motifs is 1. The highest BCUT2D eigenvalue weighted by Crippen LogP contribution is 2.39. The van der Waals surface area contributed by atoms with Crippen LogP contribution in [0, 0.1) is 6.92 Å². The highest BCUT2D eigenvalue weighted by molar-refractivity contribution is 7.21. The van der Waals surface area contributed by atoms with Crippen LogP contribution in [0.4, 0.5) is 11.8 Å². The molecule has 0 spiro atoms. The average Bonchev–Trinajstić information content (AvgIpc) is 3.51. The van der Waals surface area contributed by atoms with E-state index in [2.05, 4.69) is 27.7 Å². The molecule has 0 amide bonds. The van der Waals surface area contributed by atoms with Gasteiger partial charge >= 0.3 is 0 Å². The molecule has 1 aliphatic rings. The molecule has 4 aromatic rings. The quantitative estimate of drug-likeness (QED) is 0.456. The maximum Gasteiger partial charge on any atom is 0.225 e. The van der Waals surface area contributed by atoms with Crippen molar-refractivity contribution in [3.8, 4) is 10.6 Å². The Balaban J connectivity index is 1.59. The first kappa shape index (κ1) is 19.4. The van der Waals surface area contributed by atoms with Crippen LogP contribution in [0.1, 0.15) is 23.4 Å². The third-order valence-electron chi connectivity index (χ3n) is 5.44. The van der Waals surface area contributed by atoms with E-state index in [1.807, 2.05) is 31.2 Å². The van der Waals surface area contributed by atoms with Crippen molar-refractivity contribution in [2.75, 3.05) is 23.4 Å². The van der Waals surface area contributed by atoms with Crippen LogP contribution in [-0.2, 0) is 6.54 Å². The Kier molecular flexibility index (Phi) is 5.37. The van der Waals surface area contributed by atoms with Gasteiger partial charge in [0.05, 0.1) is 40.7 Å². The summed E-state index contributed by atoms with van der Waals surface area (Å²) < 4.78 is 1.15. The molecule has 8 heteroatoms. The standard InChI is InChI=1S/C22H23N5OS2/c1-14-19(21-25-17-8-2-3-9-18(17)30-21)20(27-10-4-6-15(27)13-28)26-22(24-14)23-12-16-7-5-11-29-16/h2-3,5,7-9,11,15,28H,4,6,10,12-13H2,1H3,(H,23,24,26)/t15-/m0/s1. The Labute approximate surface area is 183 Å². The molecule has 2 N–H and O–H groups in total. The minimum atomic E-state index is 0.0811. The molecule has 0 unspecified atom stereocenters. The zero-order chi connectivity index (χ0) is 20.5. The fourth-order valence-corrected chi connectivity index (χ4v) is 5.66. The number of benzene rings is 1. The summed E-state index contributed by atoms with van der Waals surface area (Å²) in [6.07, 6.45) is 2.02. The highest BCUT2D eigenvalue weighted by atomic mass is 32.1. The second kappa shape index (κ2) is 8.29. The van der Waals surface area contributed by atoms with Gasteiger partial charge in [0.1, 0.15) is 10.8 Å². The monoisotopic (exact) mass is 437 g/mol. The van der Waals surface area contributed by atoms with E-state index in [9.17, 15) is 5.11 Å². The third-order valence-corrected chi connectivity index (χ3v) is 7.37. The Morgan fingerprint density at radius 3 is 2.87 bits per heavy atom. The van der Waals surface area contributed by atoms with E-state index < -0.39 is 0 Å². The Hall–Kier alpha value is -2.55. The second-order valence-electron chi connectivity index (χ2n) is 7.42. The molecule has 1 atom stereocenters. The van der Waals surface area contributed by atoms with Crippen LogP contribution in [0.2, 0.25) is 0 Å². The van der Waals surface area contributed by atoms with Crippen molar-refractivity contribution in [1.29, 1.82) is 0 Å². The summed E-state index contributed by atoms with van der Waals surface area (Å²) in [5.41, 5.74) is 2.86. The highest BCUT2D eigenvalue weighted by Gasteiger charge is 2.30. The van der Waals surface area contributed by atoms with Crippen molar-refractivity contribution in [1.82, 2.24) is 15.0 Å². The van der Waals surface area contributed by atoms with Crippen LogP contribution < -0.4 is 10.2 Å². The molecule has 6 nitrogen and oxygen atoms in total. The molecule has 5 rings (SSSR count). The van der Waals surface area contributed by atoms with Crippen molar-refractivity contribution in [3.05, 3.63) is 52.3 Å². The number of aliphatic hydroxyl groups excluding tert-OH is 1. The molecule has 3 aromatic heterocycles. The number of aromatic nitrogens is 3. The summed E-state index contributed by atoms with van der Waals surface area (Å²) in [6.45, 7) is 3.72. The number of hydrogen-bond donors (Lipinski definition) is 2. The van der Waals surface area contributed by atoms with Crippen molar-refractivity contribution < 1.29 is 5.11 Å². The number of para-hydroxylation sites is 1. The molecule has 1 saturated heterocycles. The molecular weight excluding hydrogens is 414 g/mol. The molecule has 1 aromatic carbocycles. The van der Waals surface area contributed by atoms with Crippen LogP contribution in [-0.4, -0.2) is 39.3 Å². The number of hydrogen-bond acceptors (Lipinski definition) is 8. The van der Waals surface area contributed by atoms with Gasteiger partial charge in [-0.1, -0.05) is 18.2 Å². The van der Waals surface area contributed by atoms with E-state index in [1.54, 1.807) is 22.7 Å².